The zero-order chi connectivity index (χ0) is 16.4. The first-order valence-electron chi connectivity index (χ1n) is 7.91. The second-order valence-corrected chi connectivity index (χ2v) is 7.09. The maximum Gasteiger partial charge on any atom is 0.246 e. The second kappa shape index (κ2) is 6.93. The molecule has 3 rings (SSSR count). The lowest BCUT2D eigenvalue weighted by Gasteiger charge is -2.33. The maximum atomic E-state index is 12.8. The molecule has 0 radical (unpaired) electrons. The van der Waals surface area contributed by atoms with E-state index in [1.54, 1.807) is 23.6 Å². The fraction of sp³-hybridized carbons (Fsp3) is 0.529. The molecule has 0 unspecified atom stereocenters. The monoisotopic (exact) mass is 334 g/mol. The van der Waals surface area contributed by atoms with Gasteiger partial charge in [0, 0.05) is 25.8 Å². The Morgan fingerprint density at radius 3 is 2.43 bits per heavy atom. The van der Waals surface area contributed by atoms with Gasteiger partial charge in [-0.2, -0.15) is 0 Å². The van der Waals surface area contributed by atoms with E-state index in [9.17, 15) is 9.59 Å². The van der Waals surface area contributed by atoms with Crippen molar-refractivity contribution in [2.45, 2.75) is 25.3 Å². The third kappa shape index (κ3) is 3.38. The van der Waals surface area contributed by atoms with Crippen LogP contribution in [-0.2, 0) is 14.3 Å². The lowest BCUT2D eigenvalue weighted by Crippen LogP contribution is -2.52. The van der Waals surface area contributed by atoms with Gasteiger partial charge in [-0.3, -0.25) is 9.59 Å². The molecule has 0 saturated carbocycles. The van der Waals surface area contributed by atoms with Gasteiger partial charge in [-0.1, -0.05) is 29.8 Å². The zero-order valence-electron chi connectivity index (χ0n) is 13.5. The quantitative estimate of drug-likeness (QED) is 0.828. The van der Waals surface area contributed by atoms with E-state index in [1.807, 2.05) is 36.1 Å². The Morgan fingerprint density at radius 1 is 1.17 bits per heavy atom. The Morgan fingerprint density at radius 2 is 1.83 bits per heavy atom. The fourth-order valence-corrected chi connectivity index (χ4v) is 4.54. The number of rotatable bonds is 2. The van der Waals surface area contributed by atoms with E-state index in [-0.39, 0.29) is 23.2 Å². The zero-order valence-corrected chi connectivity index (χ0v) is 14.3. The highest BCUT2D eigenvalue weighted by Crippen LogP contribution is 2.41. The molecular formula is C17H22N2O3S. The average Bonchev–Trinajstić information content (AvgIpc) is 3.01. The standard InChI is InChI=1S/C17H22N2O3S/c1-12-3-5-14(6-4-12)17-19(13(2)20)15(11-23-17)16(21)18-7-9-22-10-8-18/h3-6,15,17H,7-11H2,1-2H3/t15-,17-/m1/s1. The molecule has 6 heteroatoms. The van der Waals surface area contributed by atoms with Gasteiger partial charge in [0.05, 0.1) is 13.2 Å². The smallest absolute Gasteiger partial charge is 0.246 e. The molecule has 2 amide bonds. The maximum absolute atomic E-state index is 12.8. The van der Waals surface area contributed by atoms with Crippen molar-refractivity contribution in [3.63, 3.8) is 0 Å². The molecule has 2 aliphatic rings. The minimum atomic E-state index is -0.373. The summed E-state index contributed by atoms with van der Waals surface area (Å²) in [5.74, 6) is 0.645. The molecule has 23 heavy (non-hydrogen) atoms. The molecule has 0 bridgehead atoms. The van der Waals surface area contributed by atoms with Crippen LogP contribution in [-0.4, -0.2) is 59.7 Å². The molecule has 2 saturated heterocycles. The van der Waals surface area contributed by atoms with E-state index in [0.29, 0.717) is 32.1 Å². The molecule has 0 aliphatic carbocycles. The summed E-state index contributed by atoms with van der Waals surface area (Å²) in [6.07, 6.45) is 0. The molecule has 0 aromatic heterocycles. The average molecular weight is 334 g/mol. The number of nitrogens with zero attached hydrogens (tertiary/aromatic N) is 2. The van der Waals surface area contributed by atoms with Crippen LogP contribution in [0.1, 0.15) is 23.4 Å². The molecule has 5 nitrogen and oxygen atoms in total. The van der Waals surface area contributed by atoms with Crippen LogP contribution < -0.4 is 0 Å². The third-order valence-corrected chi connectivity index (χ3v) is 5.66. The van der Waals surface area contributed by atoms with Crippen molar-refractivity contribution in [1.82, 2.24) is 9.80 Å². The molecular weight excluding hydrogens is 312 g/mol. The van der Waals surface area contributed by atoms with Gasteiger partial charge in [0.2, 0.25) is 11.8 Å². The third-order valence-electron chi connectivity index (χ3n) is 4.33. The Balaban J connectivity index is 1.80. The van der Waals surface area contributed by atoms with E-state index in [1.165, 1.54) is 5.56 Å². The highest BCUT2D eigenvalue weighted by Gasteiger charge is 2.42. The van der Waals surface area contributed by atoms with Gasteiger partial charge in [-0.25, -0.2) is 0 Å². The number of hydrogen-bond acceptors (Lipinski definition) is 4. The normalized spacial score (nSPS) is 24.8. The number of benzene rings is 1. The van der Waals surface area contributed by atoms with Crippen molar-refractivity contribution in [2.75, 3.05) is 32.1 Å². The lowest BCUT2D eigenvalue weighted by atomic mass is 10.1. The summed E-state index contributed by atoms with van der Waals surface area (Å²) in [7, 11) is 0. The van der Waals surface area contributed by atoms with Crippen LogP contribution in [0.2, 0.25) is 0 Å². The molecule has 2 heterocycles. The lowest BCUT2D eigenvalue weighted by molar-refractivity contribution is -0.146. The van der Waals surface area contributed by atoms with Gasteiger partial charge in [-0.05, 0) is 12.5 Å². The van der Waals surface area contributed by atoms with Crippen LogP contribution in [0.4, 0.5) is 0 Å². The highest BCUT2D eigenvalue weighted by atomic mass is 32.2. The van der Waals surface area contributed by atoms with Gasteiger partial charge in [0.25, 0.3) is 0 Å². The fourth-order valence-electron chi connectivity index (χ4n) is 3.06. The Labute approximate surface area is 141 Å². The van der Waals surface area contributed by atoms with E-state index in [0.717, 1.165) is 5.56 Å². The Bertz CT molecular complexity index is 584. The van der Waals surface area contributed by atoms with E-state index in [2.05, 4.69) is 0 Å². The van der Waals surface area contributed by atoms with Crippen LogP contribution in [0.3, 0.4) is 0 Å². The molecule has 1 aromatic rings. The minimum absolute atomic E-state index is 0.0469. The van der Waals surface area contributed by atoms with Gasteiger partial charge < -0.3 is 14.5 Å². The van der Waals surface area contributed by atoms with E-state index < -0.39 is 0 Å². The number of amides is 2. The van der Waals surface area contributed by atoms with Crippen LogP contribution >= 0.6 is 11.8 Å². The second-order valence-electron chi connectivity index (χ2n) is 5.98. The summed E-state index contributed by atoms with van der Waals surface area (Å²) < 4.78 is 5.31. The predicted molar refractivity (Wildman–Crippen MR) is 90.1 cm³/mol. The topological polar surface area (TPSA) is 49.9 Å². The first kappa shape index (κ1) is 16.3. The van der Waals surface area contributed by atoms with Crippen LogP contribution in [0, 0.1) is 6.92 Å². The summed E-state index contributed by atoms with van der Waals surface area (Å²) in [6, 6.07) is 7.81. The highest BCUT2D eigenvalue weighted by molar-refractivity contribution is 7.99. The number of carbonyl (C=O) groups excluding carboxylic acids is 2. The van der Waals surface area contributed by atoms with E-state index in [4.69, 9.17) is 4.74 Å². The van der Waals surface area contributed by atoms with Gasteiger partial charge >= 0.3 is 0 Å². The summed E-state index contributed by atoms with van der Waals surface area (Å²) in [4.78, 5) is 28.6. The number of hydrogen-bond donors (Lipinski definition) is 0. The number of carbonyl (C=O) groups is 2. The number of ether oxygens (including phenoxy) is 1. The van der Waals surface area contributed by atoms with Crippen LogP contribution in [0.5, 0.6) is 0 Å². The Kier molecular flexibility index (Phi) is 4.92. The molecule has 2 fully saturated rings. The molecule has 124 valence electrons. The molecule has 0 spiro atoms. The van der Waals surface area contributed by atoms with Crippen molar-refractivity contribution in [2.24, 2.45) is 0 Å². The summed E-state index contributed by atoms with van der Waals surface area (Å²) in [6.45, 7) is 5.97. The van der Waals surface area contributed by atoms with Gasteiger partial charge in [0.15, 0.2) is 0 Å². The Hall–Kier alpha value is -1.53. The molecule has 2 atom stereocenters. The summed E-state index contributed by atoms with van der Waals surface area (Å²) in [5.41, 5.74) is 2.26. The van der Waals surface area contributed by atoms with E-state index >= 15 is 0 Å². The number of morpholine rings is 1. The van der Waals surface area contributed by atoms with Crippen molar-refractivity contribution in [3.8, 4) is 0 Å². The van der Waals surface area contributed by atoms with Crippen molar-refractivity contribution < 1.29 is 14.3 Å². The van der Waals surface area contributed by atoms with Gasteiger partial charge in [0.1, 0.15) is 11.4 Å². The number of thioether (sulfide) groups is 1. The van der Waals surface area contributed by atoms with Crippen molar-refractivity contribution >= 4 is 23.6 Å². The van der Waals surface area contributed by atoms with Crippen LogP contribution in [0.25, 0.3) is 0 Å². The predicted octanol–water partition coefficient (Wildman–Crippen LogP) is 1.82. The van der Waals surface area contributed by atoms with Crippen molar-refractivity contribution in [3.05, 3.63) is 35.4 Å². The molecule has 1 aromatic carbocycles. The first-order valence-corrected chi connectivity index (χ1v) is 8.96. The largest absolute Gasteiger partial charge is 0.378 e. The van der Waals surface area contributed by atoms with Gasteiger partial charge in [-0.15, -0.1) is 11.8 Å². The first-order chi connectivity index (χ1) is 11.1. The van der Waals surface area contributed by atoms with Crippen LogP contribution in [0.15, 0.2) is 24.3 Å². The van der Waals surface area contributed by atoms with Crippen molar-refractivity contribution in [1.29, 1.82) is 0 Å². The number of aryl methyl sites for hydroxylation is 1. The molecule has 2 aliphatic heterocycles. The summed E-state index contributed by atoms with van der Waals surface area (Å²) >= 11 is 1.66. The molecule has 0 N–H and O–H groups in total. The SMILES string of the molecule is CC(=O)N1[C@@H](C(=O)N2CCOCC2)CS[C@@H]1c1ccc(C)cc1. The summed E-state index contributed by atoms with van der Waals surface area (Å²) in [5, 5.41) is -0.0805. The minimum Gasteiger partial charge on any atom is -0.378 e.